The normalized spacial score (nSPS) is 24.3. The third-order valence-electron chi connectivity index (χ3n) is 3.77. The third kappa shape index (κ3) is 7.54. The maximum absolute atomic E-state index is 5.90. The Kier molecular flexibility index (Phi) is 8.08. The minimum absolute atomic E-state index is 0.434. The van der Waals surface area contributed by atoms with Crippen LogP contribution < -0.4 is 0 Å². The van der Waals surface area contributed by atoms with E-state index < -0.39 is 0 Å². The molecule has 2 heteroatoms. The summed E-state index contributed by atoms with van der Waals surface area (Å²) in [6.07, 6.45) is 10.9. The molecular weight excluding hydrogens is 236 g/mol. The van der Waals surface area contributed by atoms with E-state index in [1.165, 1.54) is 11.1 Å². The molecule has 1 rings (SSSR count). The zero-order valence-electron chi connectivity index (χ0n) is 13.1. The van der Waals surface area contributed by atoms with E-state index in [0.717, 1.165) is 45.3 Å². The summed E-state index contributed by atoms with van der Waals surface area (Å²) in [7, 11) is 0. The zero-order valence-corrected chi connectivity index (χ0v) is 13.1. The molecule has 110 valence electrons. The molecule has 0 heterocycles. The van der Waals surface area contributed by atoms with Crippen LogP contribution in [0.3, 0.4) is 0 Å². The van der Waals surface area contributed by atoms with E-state index in [-0.39, 0.29) is 0 Å². The lowest BCUT2D eigenvalue weighted by Crippen LogP contribution is -2.26. The minimum Gasteiger partial charge on any atom is -0.374 e. The fraction of sp³-hybridized carbons (Fsp3) is 0.765. The smallest absolute Gasteiger partial charge is 0.0653 e. The number of hydrogen-bond donors (Lipinski definition) is 0. The van der Waals surface area contributed by atoms with Crippen LogP contribution in [0.15, 0.2) is 23.3 Å². The molecule has 0 amide bonds. The average molecular weight is 266 g/mol. The quantitative estimate of drug-likeness (QED) is 0.624. The monoisotopic (exact) mass is 266 g/mol. The van der Waals surface area contributed by atoms with E-state index in [9.17, 15) is 0 Å². The second-order valence-electron chi connectivity index (χ2n) is 5.75. The van der Waals surface area contributed by atoms with Crippen molar-refractivity contribution in [2.24, 2.45) is 0 Å². The summed E-state index contributed by atoms with van der Waals surface area (Å²) >= 11 is 0. The molecule has 19 heavy (non-hydrogen) atoms. The number of hydrogen-bond acceptors (Lipinski definition) is 2. The van der Waals surface area contributed by atoms with Gasteiger partial charge < -0.3 is 9.47 Å². The van der Waals surface area contributed by atoms with Crippen molar-refractivity contribution >= 4 is 0 Å². The van der Waals surface area contributed by atoms with Crippen molar-refractivity contribution in [1.29, 1.82) is 0 Å². The van der Waals surface area contributed by atoms with Crippen molar-refractivity contribution in [3.8, 4) is 0 Å². The molecular formula is C17H30O2. The van der Waals surface area contributed by atoms with E-state index in [4.69, 9.17) is 9.47 Å². The fourth-order valence-corrected chi connectivity index (χ4v) is 2.19. The fourth-order valence-electron chi connectivity index (χ4n) is 2.19. The molecule has 2 nitrogen and oxygen atoms in total. The van der Waals surface area contributed by atoms with Gasteiger partial charge in [0.05, 0.1) is 25.4 Å². The van der Waals surface area contributed by atoms with Gasteiger partial charge in [-0.3, -0.25) is 0 Å². The van der Waals surface area contributed by atoms with Crippen LogP contribution in [-0.2, 0) is 9.47 Å². The molecule has 0 saturated heterocycles. The van der Waals surface area contributed by atoms with E-state index in [1.807, 2.05) is 0 Å². The molecule has 0 aromatic carbocycles. The molecule has 0 bridgehead atoms. The van der Waals surface area contributed by atoms with Crippen molar-refractivity contribution < 1.29 is 9.47 Å². The van der Waals surface area contributed by atoms with Crippen molar-refractivity contribution in [2.75, 3.05) is 13.2 Å². The van der Waals surface area contributed by atoms with Crippen molar-refractivity contribution in [2.45, 2.75) is 72.0 Å². The van der Waals surface area contributed by atoms with Gasteiger partial charge in [-0.05, 0) is 52.9 Å². The van der Waals surface area contributed by atoms with Gasteiger partial charge in [-0.25, -0.2) is 0 Å². The predicted molar refractivity (Wildman–Crippen MR) is 81.4 cm³/mol. The summed E-state index contributed by atoms with van der Waals surface area (Å²) in [5.74, 6) is 0. The van der Waals surface area contributed by atoms with Crippen LogP contribution in [-0.4, -0.2) is 25.4 Å². The highest BCUT2D eigenvalue weighted by atomic mass is 16.5. The van der Waals surface area contributed by atoms with Gasteiger partial charge >= 0.3 is 0 Å². The molecule has 1 saturated carbocycles. The molecule has 0 atom stereocenters. The Morgan fingerprint density at radius 1 is 0.895 bits per heavy atom. The highest BCUT2D eigenvalue weighted by Crippen LogP contribution is 2.23. The molecule has 0 aliphatic heterocycles. The van der Waals surface area contributed by atoms with E-state index >= 15 is 0 Å². The molecule has 0 aromatic heterocycles. The first-order valence-electron chi connectivity index (χ1n) is 7.64. The summed E-state index contributed by atoms with van der Waals surface area (Å²) in [4.78, 5) is 0. The summed E-state index contributed by atoms with van der Waals surface area (Å²) in [6.45, 7) is 10.1. The minimum atomic E-state index is 0.434. The molecule has 1 aliphatic rings. The Hall–Kier alpha value is -0.600. The van der Waals surface area contributed by atoms with Crippen LogP contribution in [0.2, 0.25) is 0 Å². The van der Waals surface area contributed by atoms with E-state index in [2.05, 4.69) is 39.8 Å². The average Bonchev–Trinajstić information content (AvgIpc) is 2.40. The van der Waals surface area contributed by atoms with Gasteiger partial charge in [0.15, 0.2) is 0 Å². The summed E-state index contributed by atoms with van der Waals surface area (Å²) < 4.78 is 11.8. The van der Waals surface area contributed by atoms with Gasteiger partial charge in [-0.1, -0.05) is 30.2 Å². The highest BCUT2D eigenvalue weighted by Gasteiger charge is 2.21. The second kappa shape index (κ2) is 9.33. The summed E-state index contributed by atoms with van der Waals surface area (Å²) in [5, 5.41) is 0. The first kappa shape index (κ1) is 16.5. The SMILES string of the molecule is CC/C(C)=C/COC1CCC(OCC=C(C)C)CC1. The second-order valence-corrected chi connectivity index (χ2v) is 5.75. The Balaban J connectivity index is 2.13. The van der Waals surface area contributed by atoms with Gasteiger partial charge in [-0.15, -0.1) is 0 Å². The largest absolute Gasteiger partial charge is 0.374 e. The van der Waals surface area contributed by atoms with Crippen LogP contribution in [0.4, 0.5) is 0 Å². The van der Waals surface area contributed by atoms with Crippen LogP contribution in [0.1, 0.15) is 59.8 Å². The standard InChI is InChI=1S/C17H30O2/c1-5-15(4)11-13-19-17-8-6-16(7-9-17)18-12-10-14(2)3/h10-11,16-17H,5-9,12-13H2,1-4H3/b15-11+. The van der Waals surface area contributed by atoms with Crippen molar-refractivity contribution in [1.82, 2.24) is 0 Å². The lowest BCUT2D eigenvalue weighted by molar-refractivity contribution is -0.0165. The molecule has 0 N–H and O–H groups in total. The van der Waals surface area contributed by atoms with Gasteiger partial charge in [0.2, 0.25) is 0 Å². The number of rotatable bonds is 7. The topological polar surface area (TPSA) is 18.5 Å². The van der Waals surface area contributed by atoms with E-state index in [0.29, 0.717) is 12.2 Å². The Morgan fingerprint density at radius 3 is 1.79 bits per heavy atom. The Labute approximate surface area is 118 Å². The third-order valence-corrected chi connectivity index (χ3v) is 3.77. The van der Waals surface area contributed by atoms with Crippen molar-refractivity contribution in [3.63, 3.8) is 0 Å². The lowest BCUT2D eigenvalue weighted by atomic mass is 9.95. The van der Waals surface area contributed by atoms with E-state index in [1.54, 1.807) is 0 Å². The maximum atomic E-state index is 5.90. The molecule has 0 aromatic rings. The molecule has 1 fully saturated rings. The van der Waals surface area contributed by atoms with Gasteiger partial charge in [0.1, 0.15) is 0 Å². The Bertz CT molecular complexity index is 292. The summed E-state index contributed by atoms with van der Waals surface area (Å²) in [6, 6.07) is 0. The van der Waals surface area contributed by atoms with Crippen LogP contribution in [0.25, 0.3) is 0 Å². The Morgan fingerprint density at radius 2 is 1.37 bits per heavy atom. The zero-order chi connectivity index (χ0) is 14.1. The number of allylic oxidation sites excluding steroid dienone is 2. The van der Waals surface area contributed by atoms with Gasteiger partial charge in [0.25, 0.3) is 0 Å². The predicted octanol–water partition coefficient (Wildman–Crippen LogP) is 4.65. The first-order valence-corrected chi connectivity index (χ1v) is 7.64. The molecule has 1 aliphatic carbocycles. The highest BCUT2D eigenvalue weighted by molar-refractivity contribution is 4.96. The van der Waals surface area contributed by atoms with Crippen LogP contribution in [0, 0.1) is 0 Å². The van der Waals surface area contributed by atoms with Gasteiger partial charge in [0, 0.05) is 0 Å². The maximum Gasteiger partial charge on any atom is 0.0653 e. The van der Waals surface area contributed by atoms with Crippen molar-refractivity contribution in [3.05, 3.63) is 23.3 Å². The first-order chi connectivity index (χ1) is 9.11. The van der Waals surface area contributed by atoms with Crippen LogP contribution in [0.5, 0.6) is 0 Å². The lowest BCUT2D eigenvalue weighted by Gasteiger charge is -2.28. The number of ether oxygens (including phenoxy) is 2. The molecule has 0 unspecified atom stereocenters. The van der Waals surface area contributed by atoms with Gasteiger partial charge in [-0.2, -0.15) is 0 Å². The van der Waals surface area contributed by atoms with Crippen LogP contribution >= 0.6 is 0 Å². The molecule has 0 spiro atoms. The summed E-state index contributed by atoms with van der Waals surface area (Å²) in [5.41, 5.74) is 2.74. The molecule has 0 radical (unpaired) electrons.